The van der Waals surface area contributed by atoms with Crippen molar-refractivity contribution < 1.29 is 23.5 Å². The highest BCUT2D eigenvalue weighted by molar-refractivity contribution is 6.00. The molecule has 3 N–H and O–H groups in total. The van der Waals surface area contributed by atoms with Gasteiger partial charge in [0.1, 0.15) is 0 Å². The number of halogens is 2. The molecule has 8 heteroatoms. The topological polar surface area (TPSA) is 81.7 Å². The van der Waals surface area contributed by atoms with Gasteiger partial charge in [-0.3, -0.25) is 0 Å². The minimum atomic E-state index is -1.45. The number of nitrogens with zero attached hydrogens (tertiary/aromatic N) is 1. The molecule has 0 aromatic heterocycles. The number of benzene rings is 1. The van der Waals surface area contributed by atoms with Gasteiger partial charge in [-0.2, -0.15) is 0 Å². The number of carbonyl (C=O) groups excluding carboxylic acids is 1. The molecule has 2 amide bonds. The van der Waals surface area contributed by atoms with Crippen molar-refractivity contribution >= 4 is 17.7 Å². The van der Waals surface area contributed by atoms with E-state index in [-0.39, 0.29) is 11.7 Å². The molecule has 114 valence electrons. The Morgan fingerprint density at radius 3 is 2.57 bits per heavy atom. The Morgan fingerprint density at radius 2 is 2.00 bits per heavy atom. The Kier molecular flexibility index (Phi) is 4.37. The van der Waals surface area contributed by atoms with E-state index in [1.807, 2.05) is 11.9 Å². The summed E-state index contributed by atoms with van der Waals surface area (Å²) in [6, 6.07) is 0.479. The van der Waals surface area contributed by atoms with Crippen LogP contribution in [-0.4, -0.2) is 48.2 Å². The number of likely N-dealkylation sites (tertiary alicyclic amines) is 1. The second kappa shape index (κ2) is 6.04. The van der Waals surface area contributed by atoms with Crippen molar-refractivity contribution in [2.75, 3.05) is 25.5 Å². The summed E-state index contributed by atoms with van der Waals surface area (Å²) in [4.78, 5) is 24.8. The van der Waals surface area contributed by atoms with E-state index in [4.69, 9.17) is 5.11 Å². The van der Waals surface area contributed by atoms with Crippen molar-refractivity contribution in [2.24, 2.45) is 0 Å². The molecule has 1 aliphatic heterocycles. The summed E-state index contributed by atoms with van der Waals surface area (Å²) in [6.45, 7) is 1.52. The highest BCUT2D eigenvalue weighted by atomic mass is 19.2. The van der Waals surface area contributed by atoms with Gasteiger partial charge >= 0.3 is 12.0 Å². The molecule has 0 radical (unpaired) electrons. The monoisotopic (exact) mass is 299 g/mol. The predicted molar refractivity (Wildman–Crippen MR) is 71.4 cm³/mol. The zero-order valence-corrected chi connectivity index (χ0v) is 11.3. The molecule has 1 aromatic carbocycles. The summed E-state index contributed by atoms with van der Waals surface area (Å²) in [5.74, 6) is -3.96. The molecule has 1 saturated heterocycles. The Hall–Kier alpha value is -2.22. The number of urea groups is 1. The quantitative estimate of drug-likeness (QED) is 0.790. The molecule has 1 heterocycles. The Balaban J connectivity index is 2.09. The van der Waals surface area contributed by atoms with Crippen LogP contribution in [-0.2, 0) is 0 Å². The van der Waals surface area contributed by atoms with Crippen molar-refractivity contribution in [1.29, 1.82) is 0 Å². The molecule has 1 aromatic rings. The molecule has 0 saturated carbocycles. The second-order valence-corrected chi connectivity index (χ2v) is 4.96. The third kappa shape index (κ3) is 3.66. The number of amides is 2. The molecule has 1 unspecified atom stereocenters. The molecule has 0 aliphatic carbocycles. The number of hydrogen-bond donors (Lipinski definition) is 3. The van der Waals surface area contributed by atoms with Crippen LogP contribution in [0.1, 0.15) is 16.8 Å². The molecule has 1 atom stereocenters. The van der Waals surface area contributed by atoms with Crippen LogP contribution in [0.25, 0.3) is 0 Å². The number of hydrogen-bond acceptors (Lipinski definition) is 3. The first-order chi connectivity index (χ1) is 9.86. The smallest absolute Gasteiger partial charge is 0.337 e. The lowest BCUT2D eigenvalue weighted by molar-refractivity contribution is 0.0697. The molecule has 0 spiro atoms. The fourth-order valence-electron chi connectivity index (χ4n) is 2.22. The lowest BCUT2D eigenvalue weighted by Crippen LogP contribution is -2.39. The summed E-state index contributed by atoms with van der Waals surface area (Å²) in [5.41, 5.74) is -0.794. The van der Waals surface area contributed by atoms with Crippen LogP contribution in [0.2, 0.25) is 0 Å². The van der Waals surface area contributed by atoms with Gasteiger partial charge in [-0.05, 0) is 26.1 Å². The van der Waals surface area contributed by atoms with Crippen LogP contribution in [0.15, 0.2) is 12.1 Å². The lowest BCUT2D eigenvalue weighted by atomic mass is 10.1. The molecule has 6 nitrogen and oxygen atoms in total. The zero-order valence-electron chi connectivity index (χ0n) is 11.3. The van der Waals surface area contributed by atoms with E-state index in [2.05, 4.69) is 10.6 Å². The van der Waals surface area contributed by atoms with E-state index in [1.54, 1.807) is 0 Å². The molecule has 0 bridgehead atoms. The molecule has 21 heavy (non-hydrogen) atoms. The van der Waals surface area contributed by atoms with Gasteiger partial charge in [0.25, 0.3) is 0 Å². The number of carbonyl (C=O) groups is 2. The van der Waals surface area contributed by atoms with Gasteiger partial charge < -0.3 is 20.6 Å². The second-order valence-electron chi connectivity index (χ2n) is 4.96. The minimum Gasteiger partial charge on any atom is -0.478 e. The fraction of sp³-hybridized carbons (Fsp3) is 0.385. The van der Waals surface area contributed by atoms with Crippen LogP contribution < -0.4 is 10.6 Å². The van der Waals surface area contributed by atoms with Crippen molar-refractivity contribution in [3.8, 4) is 0 Å². The summed E-state index contributed by atoms with van der Waals surface area (Å²) >= 11 is 0. The summed E-state index contributed by atoms with van der Waals surface area (Å²) in [5, 5.41) is 13.8. The third-order valence-electron chi connectivity index (χ3n) is 3.27. The largest absolute Gasteiger partial charge is 0.478 e. The standard InChI is InChI=1S/C13H15F2N3O3/c1-18-3-2-7(6-18)16-13(21)17-11-5-10(15)9(14)4-8(11)12(19)20/h4-5,7H,2-3,6H2,1H3,(H,19,20)(H2,16,17,21). The maximum atomic E-state index is 13.2. The lowest BCUT2D eigenvalue weighted by Gasteiger charge is -2.15. The SMILES string of the molecule is CN1CCC(NC(=O)Nc2cc(F)c(F)cc2C(=O)O)C1. The van der Waals surface area contributed by atoms with Crippen molar-refractivity contribution in [3.63, 3.8) is 0 Å². The molecule has 2 rings (SSSR count). The van der Waals surface area contributed by atoms with E-state index in [1.165, 1.54) is 0 Å². The molecule has 1 fully saturated rings. The summed E-state index contributed by atoms with van der Waals surface area (Å²) in [6.07, 6.45) is 0.771. The van der Waals surface area contributed by atoms with Crippen molar-refractivity contribution in [3.05, 3.63) is 29.3 Å². The number of aromatic carboxylic acids is 1. The maximum absolute atomic E-state index is 13.2. The van der Waals surface area contributed by atoms with Crippen molar-refractivity contribution in [2.45, 2.75) is 12.5 Å². The van der Waals surface area contributed by atoms with E-state index in [0.717, 1.165) is 13.0 Å². The van der Waals surface area contributed by atoms with Crippen LogP contribution in [0.4, 0.5) is 19.3 Å². The summed E-state index contributed by atoms with van der Waals surface area (Å²) < 4.78 is 26.2. The maximum Gasteiger partial charge on any atom is 0.337 e. The van der Waals surface area contributed by atoms with Crippen molar-refractivity contribution in [1.82, 2.24) is 10.2 Å². The van der Waals surface area contributed by atoms with Gasteiger partial charge in [-0.25, -0.2) is 18.4 Å². The Labute approximate surface area is 119 Å². The van der Waals surface area contributed by atoms with E-state index >= 15 is 0 Å². The first kappa shape index (κ1) is 15.2. The summed E-state index contributed by atoms with van der Waals surface area (Å²) in [7, 11) is 1.91. The number of carboxylic acids is 1. The number of likely N-dealkylation sites (N-methyl/N-ethyl adjacent to an activating group) is 1. The highest BCUT2D eigenvalue weighted by Gasteiger charge is 2.22. The number of carboxylic acid groups (broad SMARTS) is 1. The Bertz CT molecular complexity index is 580. The van der Waals surface area contributed by atoms with Gasteiger partial charge in [-0.15, -0.1) is 0 Å². The molecular formula is C13H15F2N3O3. The third-order valence-corrected chi connectivity index (χ3v) is 3.27. The highest BCUT2D eigenvalue weighted by Crippen LogP contribution is 2.20. The van der Waals surface area contributed by atoms with E-state index < -0.39 is 29.2 Å². The van der Waals surface area contributed by atoms with Gasteiger partial charge in [0, 0.05) is 18.7 Å². The van der Waals surface area contributed by atoms with Gasteiger partial charge in [0.15, 0.2) is 11.6 Å². The zero-order chi connectivity index (χ0) is 15.6. The number of anilines is 1. The average molecular weight is 299 g/mol. The number of rotatable bonds is 3. The van der Waals surface area contributed by atoms with Crippen LogP contribution >= 0.6 is 0 Å². The fourth-order valence-corrected chi connectivity index (χ4v) is 2.22. The van der Waals surface area contributed by atoms with E-state index in [9.17, 15) is 18.4 Å². The van der Waals surface area contributed by atoms with E-state index in [0.29, 0.717) is 18.7 Å². The molecular weight excluding hydrogens is 284 g/mol. The first-order valence-corrected chi connectivity index (χ1v) is 6.35. The first-order valence-electron chi connectivity index (χ1n) is 6.35. The van der Waals surface area contributed by atoms with Crippen LogP contribution in [0, 0.1) is 11.6 Å². The van der Waals surface area contributed by atoms with Gasteiger partial charge in [0.05, 0.1) is 11.3 Å². The van der Waals surface area contributed by atoms with Gasteiger partial charge in [0.2, 0.25) is 0 Å². The predicted octanol–water partition coefficient (Wildman–Crippen LogP) is 1.49. The Morgan fingerprint density at radius 1 is 1.33 bits per heavy atom. The minimum absolute atomic E-state index is 0.0615. The number of nitrogens with one attached hydrogen (secondary N) is 2. The molecule has 1 aliphatic rings. The van der Waals surface area contributed by atoms with Crippen LogP contribution in [0.3, 0.4) is 0 Å². The average Bonchev–Trinajstić information content (AvgIpc) is 2.78. The van der Waals surface area contributed by atoms with Gasteiger partial charge in [-0.1, -0.05) is 0 Å². The van der Waals surface area contributed by atoms with Crippen LogP contribution in [0.5, 0.6) is 0 Å². The normalized spacial score (nSPS) is 18.5.